The highest BCUT2D eigenvalue weighted by atomic mass is 19.1. The van der Waals surface area contributed by atoms with Crippen LogP contribution in [0.15, 0.2) is 48.9 Å². The minimum atomic E-state index is -0.412. The summed E-state index contributed by atoms with van der Waals surface area (Å²) in [6.07, 6.45) is 8.12. The predicted octanol–water partition coefficient (Wildman–Crippen LogP) is 4.94. The zero-order valence-corrected chi connectivity index (χ0v) is 22.3. The Morgan fingerprint density at radius 1 is 0.946 bits per heavy atom. The first kappa shape index (κ1) is 25.4. The van der Waals surface area contributed by atoms with Crippen molar-refractivity contribution in [3.8, 4) is 16.9 Å². The zero-order valence-electron chi connectivity index (χ0n) is 22.3. The van der Waals surface area contributed by atoms with E-state index < -0.39 is 5.82 Å². The number of anilines is 1. The lowest BCUT2D eigenvalue weighted by Gasteiger charge is -2.42. The number of hydrogen-bond donors (Lipinski definition) is 0. The van der Waals surface area contributed by atoms with Crippen LogP contribution in [-0.2, 0) is 0 Å². The first-order valence-corrected chi connectivity index (χ1v) is 13.4. The number of ether oxygens (including phenoxy) is 1. The van der Waals surface area contributed by atoms with Gasteiger partial charge in [0, 0.05) is 68.5 Å². The summed E-state index contributed by atoms with van der Waals surface area (Å²) in [5, 5.41) is 5.51. The summed E-state index contributed by atoms with van der Waals surface area (Å²) >= 11 is 0. The second kappa shape index (κ2) is 11.0. The first-order valence-electron chi connectivity index (χ1n) is 13.4. The number of fused-ring (bicyclic) bond motifs is 2. The number of pyridine rings is 2. The van der Waals surface area contributed by atoms with Gasteiger partial charge in [-0.05, 0) is 49.7 Å². The average Bonchev–Trinajstić information content (AvgIpc) is 3.37. The fourth-order valence-corrected chi connectivity index (χ4v) is 5.58. The molecule has 0 aliphatic carbocycles. The Morgan fingerprint density at radius 2 is 1.70 bits per heavy atom. The Hall–Kier alpha value is -3.23. The maximum Gasteiger partial charge on any atom is 0.167 e. The standard InChI is InChI=1S/C27H31FN6O.C2H6/c1-31-11-13-33(14-12-31)19-6-9-32(10-7-19)20-3-4-26-23(17-30-34(26)18-20)21-5-8-29-25-16-24(28)27(35-2)15-22(21)25;1-2/h3-5,8,15-19H,6-7,9-14H2,1-2H3;1-2H3. The molecule has 0 bridgehead atoms. The maximum atomic E-state index is 14.2. The molecule has 0 unspecified atom stereocenters. The lowest BCUT2D eigenvalue weighted by molar-refractivity contribution is 0.0982. The van der Waals surface area contributed by atoms with Gasteiger partial charge in [0.2, 0.25) is 0 Å². The van der Waals surface area contributed by atoms with Crippen LogP contribution >= 0.6 is 0 Å². The molecule has 0 N–H and O–H groups in total. The van der Waals surface area contributed by atoms with Gasteiger partial charge in [0.1, 0.15) is 0 Å². The van der Waals surface area contributed by atoms with Crippen molar-refractivity contribution in [3.63, 3.8) is 0 Å². The molecule has 8 heteroatoms. The number of benzene rings is 1. The van der Waals surface area contributed by atoms with Gasteiger partial charge in [-0.25, -0.2) is 8.91 Å². The smallest absolute Gasteiger partial charge is 0.167 e. The van der Waals surface area contributed by atoms with Gasteiger partial charge >= 0.3 is 0 Å². The zero-order chi connectivity index (χ0) is 25.9. The van der Waals surface area contributed by atoms with Crippen LogP contribution in [0.3, 0.4) is 0 Å². The molecule has 0 radical (unpaired) electrons. The third-order valence-electron chi connectivity index (χ3n) is 7.69. The minimum absolute atomic E-state index is 0.213. The SMILES string of the molecule is CC.COc1cc2c(-c3cnn4cc(N5CCC(N6CCN(C)CC6)CC5)ccc34)ccnc2cc1F. The quantitative estimate of drug-likeness (QED) is 0.392. The number of methoxy groups -OCH3 is 1. The molecule has 2 aliphatic heterocycles. The van der Waals surface area contributed by atoms with Crippen LogP contribution in [0.2, 0.25) is 0 Å². The number of aromatic nitrogens is 3. The molecule has 7 nitrogen and oxygen atoms in total. The summed E-state index contributed by atoms with van der Waals surface area (Å²) in [4.78, 5) is 11.9. The van der Waals surface area contributed by atoms with Crippen LogP contribution in [-0.4, -0.2) is 83.9 Å². The van der Waals surface area contributed by atoms with Gasteiger partial charge in [0.05, 0.1) is 36.2 Å². The number of piperazine rings is 1. The van der Waals surface area contributed by atoms with E-state index in [1.807, 2.05) is 30.6 Å². The van der Waals surface area contributed by atoms with Crippen LogP contribution < -0.4 is 9.64 Å². The van der Waals surface area contributed by atoms with Crippen molar-refractivity contribution in [1.82, 2.24) is 24.4 Å². The normalized spacial score (nSPS) is 17.7. The first-order chi connectivity index (χ1) is 18.1. The number of nitrogens with zero attached hydrogens (tertiary/aromatic N) is 6. The van der Waals surface area contributed by atoms with Gasteiger partial charge in [-0.3, -0.25) is 9.88 Å². The molecule has 0 atom stereocenters. The van der Waals surface area contributed by atoms with E-state index in [0.717, 1.165) is 35.1 Å². The fraction of sp³-hybridized carbons (Fsp3) is 0.448. The van der Waals surface area contributed by atoms with E-state index in [-0.39, 0.29) is 5.75 Å². The molecule has 0 amide bonds. The van der Waals surface area contributed by atoms with Crippen molar-refractivity contribution >= 4 is 22.1 Å². The van der Waals surface area contributed by atoms with Crippen LogP contribution in [0, 0.1) is 5.82 Å². The molecule has 2 fully saturated rings. The van der Waals surface area contributed by atoms with E-state index in [4.69, 9.17) is 4.74 Å². The van der Waals surface area contributed by atoms with Crippen LogP contribution in [0.4, 0.5) is 10.1 Å². The number of rotatable bonds is 4. The van der Waals surface area contributed by atoms with Gasteiger partial charge in [-0.15, -0.1) is 0 Å². The molecule has 6 rings (SSSR count). The van der Waals surface area contributed by atoms with Crippen molar-refractivity contribution in [1.29, 1.82) is 0 Å². The van der Waals surface area contributed by atoms with Crippen LogP contribution in [0.5, 0.6) is 5.75 Å². The lowest BCUT2D eigenvalue weighted by Crippen LogP contribution is -2.52. The number of likely N-dealkylation sites (N-methyl/N-ethyl adjacent to an activating group) is 1. The molecule has 2 saturated heterocycles. The fourth-order valence-electron chi connectivity index (χ4n) is 5.58. The van der Waals surface area contributed by atoms with Gasteiger partial charge in [-0.1, -0.05) is 13.8 Å². The number of halogens is 1. The summed E-state index contributed by atoms with van der Waals surface area (Å²) < 4.78 is 21.4. The number of hydrogen-bond acceptors (Lipinski definition) is 6. The van der Waals surface area contributed by atoms with E-state index in [0.29, 0.717) is 11.6 Å². The predicted molar refractivity (Wildman–Crippen MR) is 148 cm³/mol. The Morgan fingerprint density at radius 3 is 2.43 bits per heavy atom. The molecule has 37 heavy (non-hydrogen) atoms. The number of piperidine rings is 1. The third-order valence-corrected chi connectivity index (χ3v) is 7.69. The van der Waals surface area contributed by atoms with Gasteiger partial charge in [0.25, 0.3) is 0 Å². The van der Waals surface area contributed by atoms with Gasteiger partial charge in [0.15, 0.2) is 11.6 Å². The summed E-state index contributed by atoms with van der Waals surface area (Å²) in [5.41, 5.74) is 4.76. The van der Waals surface area contributed by atoms with E-state index in [2.05, 4.69) is 50.2 Å². The third kappa shape index (κ3) is 5.00. The van der Waals surface area contributed by atoms with E-state index >= 15 is 0 Å². The molecule has 5 heterocycles. The summed E-state index contributed by atoms with van der Waals surface area (Å²) in [5.74, 6) is -0.198. The van der Waals surface area contributed by atoms with E-state index in [9.17, 15) is 4.39 Å². The van der Waals surface area contributed by atoms with Crippen molar-refractivity contribution in [2.75, 3.05) is 58.3 Å². The summed E-state index contributed by atoms with van der Waals surface area (Å²) in [6, 6.07) is 10.1. The Labute approximate surface area is 218 Å². The Bertz CT molecular complexity index is 1360. The van der Waals surface area contributed by atoms with Crippen LogP contribution in [0.25, 0.3) is 27.5 Å². The Kier molecular flexibility index (Phi) is 7.58. The topological polar surface area (TPSA) is 49.1 Å². The summed E-state index contributed by atoms with van der Waals surface area (Å²) in [6.45, 7) is 10.9. The van der Waals surface area contributed by atoms with Gasteiger partial charge in [-0.2, -0.15) is 5.10 Å². The maximum absolute atomic E-state index is 14.2. The molecular formula is C29H37FN6O. The van der Waals surface area contributed by atoms with Crippen molar-refractivity contribution < 1.29 is 9.13 Å². The molecule has 0 saturated carbocycles. The van der Waals surface area contributed by atoms with Crippen molar-refractivity contribution in [2.45, 2.75) is 32.7 Å². The monoisotopic (exact) mass is 504 g/mol. The average molecular weight is 505 g/mol. The largest absolute Gasteiger partial charge is 0.494 e. The van der Waals surface area contributed by atoms with E-state index in [1.165, 1.54) is 57.9 Å². The van der Waals surface area contributed by atoms with Crippen molar-refractivity contribution in [2.24, 2.45) is 0 Å². The highest BCUT2D eigenvalue weighted by molar-refractivity contribution is 5.99. The summed E-state index contributed by atoms with van der Waals surface area (Å²) in [7, 11) is 3.69. The molecule has 2 aliphatic rings. The molecule has 0 spiro atoms. The highest BCUT2D eigenvalue weighted by Crippen LogP contribution is 2.34. The molecule has 3 aromatic heterocycles. The van der Waals surface area contributed by atoms with Crippen molar-refractivity contribution in [3.05, 3.63) is 54.7 Å². The molecular weight excluding hydrogens is 467 g/mol. The van der Waals surface area contributed by atoms with E-state index in [1.54, 1.807) is 12.3 Å². The second-order valence-corrected chi connectivity index (χ2v) is 9.70. The van der Waals surface area contributed by atoms with Crippen LogP contribution in [0.1, 0.15) is 26.7 Å². The lowest BCUT2D eigenvalue weighted by atomic mass is 10.0. The minimum Gasteiger partial charge on any atom is -0.494 e. The molecule has 196 valence electrons. The highest BCUT2D eigenvalue weighted by Gasteiger charge is 2.27. The Balaban J connectivity index is 0.00000137. The molecule has 1 aromatic carbocycles. The van der Waals surface area contributed by atoms with Gasteiger partial charge < -0.3 is 14.5 Å². The molecule has 4 aromatic rings. The second-order valence-electron chi connectivity index (χ2n) is 9.70.